The van der Waals surface area contributed by atoms with E-state index in [-0.39, 0.29) is 12.1 Å². The lowest BCUT2D eigenvalue weighted by Crippen LogP contribution is -2.48. The summed E-state index contributed by atoms with van der Waals surface area (Å²) in [5.74, 6) is 0. The van der Waals surface area contributed by atoms with Crippen molar-refractivity contribution in [2.75, 3.05) is 26.2 Å². The number of aromatic nitrogens is 1. The van der Waals surface area contributed by atoms with Gasteiger partial charge >= 0.3 is 6.03 Å². The SMILES string of the molecule is CCCO[C@@H]1CCCN(C(=O)NCCc2cccn2C)C1. The number of nitrogens with zero attached hydrogens (tertiary/aromatic N) is 2. The Hall–Kier alpha value is -1.49. The second kappa shape index (κ2) is 8.08. The first-order chi connectivity index (χ1) is 10.2. The van der Waals surface area contributed by atoms with Crippen LogP contribution in [0.4, 0.5) is 4.79 Å². The second-order valence-electron chi connectivity index (χ2n) is 5.67. The highest BCUT2D eigenvalue weighted by Gasteiger charge is 2.23. The van der Waals surface area contributed by atoms with E-state index in [9.17, 15) is 4.79 Å². The van der Waals surface area contributed by atoms with Gasteiger partial charge in [-0.1, -0.05) is 6.92 Å². The Morgan fingerprint density at radius 2 is 2.38 bits per heavy atom. The first-order valence-electron chi connectivity index (χ1n) is 7.95. The molecule has 0 aliphatic carbocycles. The zero-order chi connectivity index (χ0) is 15.1. The third-order valence-corrected chi connectivity index (χ3v) is 3.93. The fourth-order valence-corrected chi connectivity index (χ4v) is 2.71. The summed E-state index contributed by atoms with van der Waals surface area (Å²) >= 11 is 0. The molecule has 1 fully saturated rings. The van der Waals surface area contributed by atoms with E-state index in [1.54, 1.807) is 0 Å². The van der Waals surface area contributed by atoms with Crippen LogP contribution in [0.3, 0.4) is 0 Å². The third kappa shape index (κ3) is 4.77. The number of likely N-dealkylation sites (tertiary alicyclic amines) is 1. The van der Waals surface area contributed by atoms with Gasteiger partial charge in [-0.25, -0.2) is 4.79 Å². The summed E-state index contributed by atoms with van der Waals surface area (Å²) in [5.41, 5.74) is 1.23. The van der Waals surface area contributed by atoms with E-state index in [1.165, 1.54) is 5.69 Å². The predicted octanol–water partition coefficient (Wildman–Crippen LogP) is 2.17. The predicted molar refractivity (Wildman–Crippen MR) is 83.4 cm³/mol. The van der Waals surface area contributed by atoms with Gasteiger partial charge in [-0.3, -0.25) is 0 Å². The second-order valence-corrected chi connectivity index (χ2v) is 5.67. The van der Waals surface area contributed by atoms with Gasteiger partial charge in [0.25, 0.3) is 0 Å². The van der Waals surface area contributed by atoms with Gasteiger partial charge in [0.2, 0.25) is 0 Å². The molecule has 1 saturated heterocycles. The summed E-state index contributed by atoms with van der Waals surface area (Å²) in [4.78, 5) is 14.1. The molecule has 0 spiro atoms. The van der Waals surface area contributed by atoms with E-state index in [0.717, 1.165) is 45.4 Å². The molecule has 1 N–H and O–H groups in total. The Morgan fingerprint density at radius 1 is 1.52 bits per heavy atom. The van der Waals surface area contributed by atoms with Crippen molar-refractivity contribution in [3.05, 3.63) is 24.0 Å². The van der Waals surface area contributed by atoms with Crippen molar-refractivity contribution >= 4 is 6.03 Å². The van der Waals surface area contributed by atoms with Crippen molar-refractivity contribution in [2.24, 2.45) is 7.05 Å². The first kappa shape index (κ1) is 15.9. The molecule has 21 heavy (non-hydrogen) atoms. The molecule has 2 heterocycles. The average Bonchev–Trinajstić information content (AvgIpc) is 2.91. The highest BCUT2D eigenvalue weighted by atomic mass is 16.5. The molecule has 2 rings (SSSR count). The van der Waals surface area contributed by atoms with Crippen LogP contribution in [-0.4, -0.2) is 47.8 Å². The van der Waals surface area contributed by atoms with E-state index in [0.29, 0.717) is 6.54 Å². The zero-order valence-electron chi connectivity index (χ0n) is 13.2. The van der Waals surface area contributed by atoms with Gasteiger partial charge in [-0.2, -0.15) is 0 Å². The largest absolute Gasteiger partial charge is 0.376 e. The van der Waals surface area contributed by atoms with Crippen molar-refractivity contribution in [1.82, 2.24) is 14.8 Å². The number of urea groups is 1. The van der Waals surface area contributed by atoms with E-state index in [1.807, 2.05) is 24.2 Å². The Morgan fingerprint density at radius 3 is 3.10 bits per heavy atom. The number of piperidine rings is 1. The molecule has 118 valence electrons. The lowest BCUT2D eigenvalue weighted by Gasteiger charge is -2.32. The van der Waals surface area contributed by atoms with Crippen molar-refractivity contribution < 1.29 is 9.53 Å². The van der Waals surface area contributed by atoms with Gasteiger partial charge in [-0.05, 0) is 31.4 Å². The molecule has 5 nitrogen and oxygen atoms in total. The summed E-state index contributed by atoms with van der Waals surface area (Å²) in [6.45, 7) is 5.12. The lowest BCUT2D eigenvalue weighted by atomic mass is 10.1. The number of nitrogens with one attached hydrogen (secondary N) is 1. The molecule has 0 unspecified atom stereocenters. The number of hydrogen-bond donors (Lipinski definition) is 1. The number of rotatable bonds is 6. The molecular weight excluding hydrogens is 266 g/mol. The fraction of sp³-hybridized carbons (Fsp3) is 0.688. The van der Waals surface area contributed by atoms with Crippen LogP contribution in [0.25, 0.3) is 0 Å². The molecule has 0 saturated carbocycles. The molecule has 0 radical (unpaired) electrons. The summed E-state index contributed by atoms with van der Waals surface area (Å²) in [6, 6.07) is 4.15. The Labute approximate surface area is 127 Å². The number of amides is 2. The van der Waals surface area contributed by atoms with Crippen LogP contribution in [0.5, 0.6) is 0 Å². The minimum Gasteiger partial charge on any atom is -0.376 e. The maximum absolute atomic E-state index is 12.2. The Bertz CT molecular complexity index is 444. The lowest BCUT2D eigenvalue weighted by molar-refractivity contribution is 0.0101. The van der Waals surface area contributed by atoms with Gasteiger partial charge in [0, 0.05) is 51.6 Å². The van der Waals surface area contributed by atoms with E-state index in [2.05, 4.69) is 22.9 Å². The third-order valence-electron chi connectivity index (χ3n) is 3.93. The normalized spacial score (nSPS) is 18.8. The molecule has 1 aromatic rings. The average molecular weight is 293 g/mol. The van der Waals surface area contributed by atoms with Crippen molar-refractivity contribution in [3.63, 3.8) is 0 Å². The maximum atomic E-state index is 12.2. The van der Waals surface area contributed by atoms with Crippen LogP contribution in [0.15, 0.2) is 18.3 Å². The van der Waals surface area contributed by atoms with E-state index >= 15 is 0 Å². The molecule has 2 amide bonds. The molecule has 1 atom stereocenters. The summed E-state index contributed by atoms with van der Waals surface area (Å²) in [6.07, 6.45) is 6.21. The summed E-state index contributed by atoms with van der Waals surface area (Å²) in [7, 11) is 2.03. The zero-order valence-corrected chi connectivity index (χ0v) is 13.2. The minimum atomic E-state index is 0.0361. The van der Waals surface area contributed by atoms with Gasteiger partial charge in [0.05, 0.1) is 6.10 Å². The number of carbonyl (C=O) groups is 1. The summed E-state index contributed by atoms with van der Waals surface area (Å²) in [5, 5.41) is 3.01. The van der Waals surface area contributed by atoms with Gasteiger partial charge in [0.15, 0.2) is 0 Å². The van der Waals surface area contributed by atoms with Crippen molar-refractivity contribution in [2.45, 2.75) is 38.7 Å². The van der Waals surface area contributed by atoms with E-state index in [4.69, 9.17) is 4.74 Å². The Kier molecular flexibility index (Phi) is 6.11. The van der Waals surface area contributed by atoms with Crippen LogP contribution in [-0.2, 0) is 18.2 Å². The number of aryl methyl sites for hydroxylation is 1. The standard InChI is InChI=1S/C16H27N3O2/c1-3-12-21-15-7-5-11-19(13-15)16(20)17-9-8-14-6-4-10-18(14)2/h4,6,10,15H,3,5,7-9,11-13H2,1-2H3,(H,17,20)/t15-/m1/s1. The molecule has 1 aliphatic heterocycles. The number of hydrogen-bond acceptors (Lipinski definition) is 2. The van der Waals surface area contributed by atoms with Crippen molar-refractivity contribution in [3.8, 4) is 0 Å². The highest BCUT2D eigenvalue weighted by molar-refractivity contribution is 5.74. The van der Waals surface area contributed by atoms with Crippen molar-refractivity contribution in [1.29, 1.82) is 0 Å². The van der Waals surface area contributed by atoms with Crippen LogP contribution in [0.2, 0.25) is 0 Å². The quantitative estimate of drug-likeness (QED) is 0.874. The first-order valence-corrected chi connectivity index (χ1v) is 7.95. The molecular formula is C16H27N3O2. The molecule has 1 aliphatic rings. The van der Waals surface area contributed by atoms with Gasteiger partial charge < -0.3 is 19.5 Å². The summed E-state index contributed by atoms with van der Waals surface area (Å²) < 4.78 is 7.85. The van der Waals surface area contributed by atoms with Gasteiger partial charge in [0.1, 0.15) is 0 Å². The van der Waals surface area contributed by atoms with E-state index < -0.39 is 0 Å². The van der Waals surface area contributed by atoms with Crippen LogP contribution in [0.1, 0.15) is 31.9 Å². The van der Waals surface area contributed by atoms with Gasteiger partial charge in [-0.15, -0.1) is 0 Å². The minimum absolute atomic E-state index is 0.0361. The van der Waals surface area contributed by atoms with Crippen LogP contribution in [0, 0.1) is 0 Å². The Balaban J connectivity index is 1.71. The maximum Gasteiger partial charge on any atom is 0.317 e. The molecule has 0 bridgehead atoms. The van der Waals surface area contributed by atoms with Crippen LogP contribution >= 0.6 is 0 Å². The molecule has 5 heteroatoms. The van der Waals surface area contributed by atoms with Crippen LogP contribution < -0.4 is 5.32 Å². The highest BCUT2D eigenvalue weighted by Crippen LogP contribution is 2.13. The fourth-order valence-electron chi connectivity index (χ4n) is 2.71. The molecule has 1 aromatic heterocycles. The monoisotopic (exact) mass is 293 g/mol. The smallest absolute Gasteiger partial charge is 0.317 e. The molecule has 0 aromatic carbocycles. The number of carbonyl (C=O) groups excluding carboxylic acids is 1. The topological polar surface area (TPSA) is 46.5 Å². The number of ether oxygens (including phenoxy) is 1.